The van der Waals surface area contributed by atoms with Crippen LogP contribution in [0.3, 0.4) is 0 Å². The number of Topliss-reactive ketones (excluding diaryl/α,β-unsaturated/α-hetero) is 1. The van der Waals surface area contributed by atoms with E-state index >= 15 is 0 Å². The fourth-order valence-electron chi connectivity index (χ4n) is 5.68. The molecule has 1 aromatic heterocycles. The van der Waals surface area contributed by atoms with Crippen LogP contribution in [-0.2, 0) is 11.1 Å². The SMILES string of the molecule is Cc1cc(C(=O)N2CCC3(CC2)c2cc(C(=O)C(F)(F)F)cn2C(C)(C)CN3C)ccc1OC(C)C. The Labute approximate surface area is 210 Å². The van der Waals surface area contributed by atoms with E-state index in [-0.39, 0.29) is 17.6 Å². The second-order valence-electron chi connectivity index (χ2n) is 11.0. The van der Waals surface area contributed by atoms with Crippen molar-refractivity contribution in [3.8, 4) is 5.75 Å². The van der Waals surface area contributed by atoms with Gasteiger partial charge in [-0.3, -0.25) is 14.5 Å². The molecule has 6 nitrogen and oxygen atoms in total. The lowest BCUT2D eigenvalue weighted by atomic mass is 9.78. The lowest BCUT2D eigenvalue weighted by Crippen LogP contribution is -2.60. The molecule has 196 valence electrons. The van der Waals surface area contributed by atoms with Crippen LogP contribution in [-0.4, -0.2) is 65.0 Å². The highest BCUT2D eigenvalue weighted by Gasteiger charge is 2.50. The van der Waals surface area contributed by atoms with E-state index in [0.29, 0.717) is 43.7 Å². The Morgan fingerprint density at radius 3 is 2.25 bits per heavy atom. The molecule has 9 heteroatoms. The number of benzene rings is 1. The Morgan fingerprint density at radius 2 is 1.69 bits per heavy atom. The third-order valence-corrected chi connectivity index (χ3v) is 7.49. The Bertz CT molecular complexity index is 1170. The topological polar surface area (TPSA) is 54.8 Å². The van der Waals surface area contributed by atoms with Gasteiger partial charge in [-0.1, -0.05) is 0 Å². The molecule has 1 aromatic carbocycles. The second kappa shape index (κ2) is 8.94. The fourth-order valence-corrected chi connectivity index (χ4v) is 5.68. The number of likely N-dealkylation sites (N-methyl/N-ethyl adjacent to an activating group) is 1. The van der Waals surface area contributed by atoms with Crippen molar-refractivity contribution in [2.45, 2.75) is 70.8 Å². The van der Waals surface area contributed by atoms with Crippen LogP contribution in [0.15, 0.2) is 30.5 Å². The first-order valence-electron chi connectivity index (χ1n) is 12.3. The van der Waals surface area contributed by atoms with Crippen molar-refractivity contribution in [2.24, 2.45) is 0 Å². The number of fused-ring (bicyclic) bond motifs is 2. The smallest absolute Gasteiger partial charge is 0.454 e. The highest BCUT2D eigenvalue weighted by atomic mass is 19.4. The number of ketones is 1. The molecule has 36 heavy (non-hydrogen) atoms. The van der Waals surface area contributed by atoms with E-state index in [1.807, 2.05) is 58.4 Å². The number of halogens is 3. The normalized spacial score (nSPS) is 19.4. The lowest BCUT2D eigenvalue weighted by Gasteiger charge is -2.54. The van der Waals surface area contributed by atoms with Crippen LogP contribution in [0, 0.1) is 6.92 Å². The summed E-state index contributed by atoms with van der Waals surface area (Å²) in [5.74, 6) is -1.16. The average Bonchev–Trinajstić information content (AvgIpc) is 3.25. The first kappa shape index (κ1) is 26.3. The molecule has 0 saturated carbocycles. The molecular formula is C27H34F3N3O3. The summed E-state index contributed by atoms with van der Waals surface area (Å²) >= 11 is 0. The molecule has 2 aliphatic rings. The van der Waals surface area contributed by atoms with Gasteiger partial charge in [0.2, 0.25) is 0 Å². The summed E-state index contributed by atoms with van der Waals surface area (Å²) in [6, 6.07) is 6.82. The van der Waals surface area contributed by atoms with Gasteiger partial charge in [-0.05, 0) is 84.3 Å². The standard InChI is InChI=1S/C27H34F3N3O3/c1-17(2)36-21-8-7-19(13-18(21)3)24(35)32-11-9-26(10-12-32)22-14-20(23(34)27(28,29)30)15-33(22)25(4,5)16-31(26)6/h7-8,13-15,17H,9-12,16H2,1-6H3. The predicted octanol–water partition coefficient (Wildman–Crippen LogP) is 5.14. The number of likely N-dealkylation sites (tertiary alicyclic amines) is 1. The van der Waals surface area contributed by atoms with Gasteiger partial charge in [0.1, 0.15) is 5.75 Å². The highest BCUT2D eigenvalue weighted by Crippen LogP contribution is 2.46. The monoisotopic (exact) mass is 505 g/mol. The van der Waals surface area contributed by atoms with Crippen LogP contribution in [0.25, 0.3) is 0 Å². The van der Waals surface area contributed by atoms with Crippen LogP contribution in [0.4, 0.5) is 13.2 Å². The number of alkyl halides is 3. The molecule has 0 atom stereocenters. The summed E-state index contributed by atoms with van der Waals surface area (Å²) in [4.78, 5) is 29.3. The van der Waals surface area contributed by atoms with Crippen molar-refractivity contribution in [1.29, 1.82) is 0 Å². The fraction of sp³-hybridized carbons (Fsp3) is 0.556. The van der Waals surface area contributed by atoms with Crippen LogP contribution >= 0.6 is 0 Å². The molecular weight excluding hydrogens is 471 g/mol. The average molecular weight is 506 g/mol. The van der Waals surface area contributed by atoms with Crippen LogP contribution in [0.2, 0.25) is 0 Å². The van der Waals surface area contributed by atoms with Crippen LogP contribution < -0.4 is 4.74 Å². The lowest BCUT2D eigenvalue weighted by molar-refractivity contribution is -0.0885. The summed E-state index contributed by atoms with van der Waals surface area (Å²) in [5, 5.41) is 0. The zero-order valence-electron chi connectivity index (χ0n) is 21.7. The number of carbonyl (C=O) groups excluding carboxylic acids is 2. The molecule has 1 spiro atoms. The highest BCUT2D eigenvalue weighted by molar-refractivity contribution is 6.00. The summed E-state index contributed by atoms with van der Waals surface area (Å²) in [6.07, 6.45) is -2.43. The van der Waals surface area contributed by atoms with Gasteiger partial charge >= 0.3 is 6.18 Å². The number of piperidine rings is 1. The maximum absolute atomic E-state index is 13.3. The molecule has 0 radical (unpaired) electrons. The van der Waals surface area contributed by atoms with Crippen LogP contribution in [0.5, 0.6) is 5.75 Å². The van der Waals surface area contributed by atoms with Gasteiger partial charge in [0, 0.05) is 42.7 Å². The number of hydrogen-bond donors (Lipinski definition) is 0. The number of carbonyl (C=O) groups is 2. The summed E-state index contributed by atoms with van der Waals surface area (Å²) < 4.78 is 47.2. The van der Waals surface area contributed by atoms with E-state index in [1.165, 1.54) is 12.3 Å². The number of ether oxygens (including phenoxy) is 1. The molecule has 0 unspecified atom stereocenters. The molecule has 1 fully saturated rings. The minimum Gasteiger partial charge on any atom is -0.491 e. The quantitative estimate of drug-likeness (QED) is 0.540. The van der Waals surface area contributed by atoms with E-state index in [0.717, 1.165) is 11.3 Å². The minimum absolute atomic E-state index is 0.0342. The molecule has 2 aliphatic heterocycles. The predicted molar refractivity (Wildman–Crippen MR) is 131 cm³/mol. The molecule has 4 rings (SSSR count). The first-order valence-corrected chi connectivity index (χ1v) is 12.3. The van der Waals surface area contributed by atoms with Crippen LogP contribution in [0.1, 0.15) is 72.5 Å². The maximum Gasteiger partial charge on any atom is 0.454 e. The number of aromatic nitrogens is 1. The van der Waals surface area contributed by atoms with Gasteiger partial charge in [-0.15, -0.1) is 0 Å². The number of aryl methyl sites for hydroxylation is 1. The number of rotatable bonds is 4. The second-order valence-corrected chi connectivity index (χ2v) is 11.0. The molecule has 0 aliphatic carbocycles. The van der Waals surface area contributed by atoms with Crippen molar-refractivity contribution < 1.29 is 27.5 Å². The Morgan fingerprint density at radius 1 is 1.06 bits per heavy atom. The minimum atomic E-state index is -4.93. The van der Waals surface area contributed by atoms with Gasteiger partial charge in [-0.25, -0.2) is 0 Å². The number of amides is 1. The summed E-state index contributed by atoms with van der Waals surface area (Å²) in [7, 11) is 1.97. The van der Waals surface area contributed by atoms with E-state index < -0.39 is 23.0 Å². The Hall–Kier alpha value is -2.81. The van der Waals surface area contributed by atoms with Gasteiger partial charge in [0.25, 0.3) is 11.7 Å². The Kier molecular flexibility index (Phi) is 6.52. The van der Waals surface area contributed by atoms with Gasteiger partial charge < -0.3 is 14.2 Å². The summed E-state index contributed by atoms with van der Waals surface area (Å²) in [5.41, 5.74) is 0.798. The molecule has 0 N–H and O–H groups in total. The summed E-state index contributed by atoms with van der Waals surface area (Å²) in [6.45, 7) is 11.2. The van der Waals surface area contributed by atoms with E-state index in [2.05, 4.69) is 4.90 Å². The van der Waals surface area contributed by atoms with Gasteiger partial charge in [0.15, 0.2) is 0 Å². The third kappa shape index (κ3) is 4.53. The molecule has 1 amide bonds. The van der Waals surface area contributed by atoms with E-state index in [1.54, 1.807) is 11.0 Å². The number of nitrogens with zero attached hydrogens (tertiary/aromatic N) is 3. The zero-order valence-corrected chi connectivity index (χ0v) is 21.7. The first-order chi connectivity index (χ1) is 16.7. The van der Waals surface area contributed by atoms with E-state index in [9.17, 15) is 22.8 Å². The van der Waals surface area contributed by atoms with Gasteiger partial charge in [0.05, 0.1) is 17.2 Å². The number of hydrogen-bond acceptors (Lipinski definition) is 4. The largest absolute Gasteiger partial charge is 0.491 e. The third-order valence-electron chi connectivity index (χ3n) is 7.49. The van der Waals surface area contributed by atoms with E-state index in [4.69, 9.17) is 4.74 Å². The van der Waals surface area contributed by atoms with Crippen molar-refractivity contribution >= 4 is 11.7 Å². The molecule has 3 heterocycles. The Balaban J connectivity index is 1.59. The zero-order chi connectivity index (χ0) is 26.6. The van der Waals surface area contributed by atoms with Crippen molar-refractivity contribution in [3.63, 3.8) is 0 Å². The van der Waals surface area contributed by atoms with Crippen molar-refractivity contribution in [3.05, 3.63) is 52.8 Å². The van der Waals surface area contributed by atoms with Crippen molar-refractivity contribution in [1.82, 2.24) is 14.4 Å². The van der Waals surface area contributed by atoms with Gasteiger partial charge in [-0.2, -0.15) is 13.2 Å². The maximum atomic E-state index is 13.3. The molecule has 2 aromatic rings. The van der Waals surface area contributed by atoms with Crippen molar-refractivity contribution in [2.75, 3.05) is 26.7 Å². The molecule has 1 saturated heterocycles. The molecule has 0 bridgehead atoms.